The first-order valence-corrected chi connectivity index (χ1v) is 7.86. The second-order valence-corrected chi connectivity index (χ2v) is 7.30. The molecule has 0 heterocycles. The summed E-state index contributed by atoms with van der Waals surface area (Å²) in [6.45, 7) is 5.24. The van der Waals surface area contributed by atoms with E-state index < -0.39 is 0 Å². The molecule has 0 spiro atoms. The van der Waals surface area contributed by atoms with Crippen molar-refractivity contribution in [3.05, 3.63) is 0 Å². The van der Waals surface area contributed by atoms with Crippen molar-refractivity contribution in [1.82, 2.24) is 5.32 Å². The van der Waals surface area contributed by atoms with E-state index in [9.17, 15) is 4.79 Å². The SMILES string of the molecule is CC1(C)CCCCC1C(=O)NCC1CCCC1Cl. The summed E-state index contributed by atoms with van der Waals surface area (Å²) in [6.07, 6.45) is 8.18. The number of rotatable bonds is 3. The van der Waals surface area contributed by atoms with E-state index in [2.05, 4.69) is 19.2 Å². The molecule has 18 heavy (non-hydrogen) atoms. The smallest absolute Gasteiger partial charge is 0.223 e. The normalized spacial score (nSPS) is 35.4. The van der Waals surface area contributed by atoms with Crippen LogP contribution in [0.2, 0.25) is 0 Å². The van der Waals surface area contributed by atoms with Gasteiger partial charge in [-0.1, -0.05) is 33.1 Å². The molecular formula is C15H26ClNO. The lowest BCUT2D eigenvalue weighted by molar-refractivity contribution is -0.130. The largest absolute Gasteiger partial charge is 0.356 e. The third-order valence-electron chi connectivity index (χ3n) is 4.93. The van der Waals surface area contributed by atoms with Gasteiger partial charge in [0.25, 0.3) is 0 Å². The highest BCUT2D eigenvalue weighted by Crippen LogP contribution is 2.40. The van der Waals surface area contributed by atoms with Crippen LogP contribution in [0.1, 0.15) is 58.8 Å². The Morgan fingerprint density at radius 2 is 2.00 bits per heavy atom. The molecule has 3 unspecified atom stereocenters. The van der Waals surface area contributed by atoms with Gasteiger partial charge in [-0.25, -0.2) is 0 Å². The molecule has 2 rings (SSSR count). The minimum absolute atomic E-state index is 0.165. The molecule has 0 aliphatic heterocycles. The Hall–Kier alpha value is -0.240. The van der Waals surface area contributed by atoms with Gasteiger partial charge < -0.3 is 5.32 Å². The summed E-state index contributed by atoms with van der Waals surface area (Å²) >= 11 is 6.25. The number of hydrogen-bond acceptors (Lipinski definition) is 1. The summed E-state index contributed by atoms with van der Waals surface area (Å²) in [7, 11) is 0. The van der Waals surface area contributed by atoms with Gasteiger partial charge in [0.2, 0.25) is 5.91 Å². The molecular weight excluding hydrogens is 246 g/mol. The number of hydrogen-bond donors (Lipinski definition) is 1. The highest BCUT2D eigenvalue weighted by atomic mass is 35.5. The summed E-state index contributed by atoms with van der Waals surface area (Å²) < 4.78 is 0. The van der Waals surface area contributed by atoms with Crippen LogP contribution >= 0.6 is 11.6 Å². The molecule has 104 valence electrons. The maximum atomic E-state index is 12.3. The monoisotopic (exact) mass is 271 g/mol. The quantitative estimate of drug-likeness (QED) is 0.779. The van der Waals surface area contributed by atoms with E-state index in [-0.39, 0.29) is 22.6 Å². The van der Waals surface area contributed by atoms with Gasteiger partial charge in [0.1, 0.15) is 0 Å². The topological polar surface area (TPSA) is 29.1 Å². The van der Waals surface area contributed by atoms with Gasteiger partial charge in [-0.05, 0) is 37.0 Å². The third kappa shape index (κ3) is 3.20. The van der Waals surface area contributed by atoms with Crippen molar-refractivity contribution in [2.75, 3.05) is 6.54 Å². The van der Waals surface area contributed by atoms with Gasteiger partial charge in [0, 0.05) is 17.8 Å². The lowest BCUT2D eigenvalue weighted by atomic mass is 9.68. The Balaban J connectivity index is 1.83. The van der Waals surface area contributed by atoms with Crippen molar-refractivity contribution in [2.24, 2.45) is 17.3 Å². The van der Waals surface area contributed by atoms with Crippen molar-refractivity contribution >= 4 is 17.5 Å². The van der Waals surface area contributed by atoms with Crippen molar-refractivity contribution in [3.8, 4) is 0 Å². The van der Waals surface area contributed by atoms with Crippen LogP contribution in [0.4, 0.5) is 0 Å². The molecule has 2 saturated carbocycles. The molecule has 1 N–H and O–H groups in total. The Bertz CT molecular complexity index is 303. The zero-order chi connectivity index (χ0) is 13.2. The van der Waals surface area contributed by atoms with E-state index in [0.29, 0.717) is 5.92 Å². The van der Waals surface area contributed by atoms with Crippen LogP contribution in [-0.4, -0.2) is 17.8 Å². The lowest BCUT2D eigenvalue weighted by Crippen LogP contribution is -2.43. The Morgan fingerprint density at radius 1 is 1.22 bits per heavy atom. The van der Waals surface area contributed by atoms with Gasteiger partial charge in [0.05, 0.1) is 0 Å². The van der Waals surface area contributed by atoms with Crippen molar-refractivity contribution in [3.63, 3.8) is 0 Å². The molecule has 0 bridgehead atoms. The van der Waals surface area contributed by atoms with Gasteiger partial charge in [-0.3, -0.25) is 4.79 Å². The molecule has 1 amide bonds. The average molecular weight is 272 g/mol. The number of amides is 1. The average Bonchev–Trinajstić information content (AvgIpc) is 2.71. The molecule has 2 fully saturated rings. The highest BCUT2D eigenvalue weighted by molar-refractivity contribution is 6.20. The summed E-state index contributed by atoms with van der Waals surface area (Å²) in [5.41, 5.74) is 0.165. The maximum absolute atomic E-state index is 12.3. The van der Waals surface area contributed by atoms with Crippen LogP contribution in [0.25, 0.3) is 0 Å². The van der Waals surface area contributed by atoms with Gasteiger partial charge in [-0.15, -0.1) is 11.6 Å². The van der Waals surface area contributed by atoms with E-state index in [1.807, 2.05) is 0 Å². The molecule has 0 aromatic carbocycles. The zero-order valence-electron chi connectivity index (χ0n) is 11.7. The van der Waals surface area contributed by atoms with Crippen molar-refractivity contribution in [2.45, 2.75) is 64.2 Å². The minimum Gasteiger partial charge on any atom is -0.356 e. The molecule has 2 aliphatic rings. The second kappa shape index (κ2) is 5.81. The first-order valence-electron chi connectivity index (χ1n) is 7.42. The molecule has 0 aromatic rings. The number of carbonyl (C=O) groups is 1. The predicted molar refractivity (Wildman–Crippen MR) is 75.7 cm³/mol. The van der Waals surface area contributed by atoms with E-state index in [1.165, 1.54) is 32.1 Å². The molecule has 0 aromatic heterocycles. The van der Waals surface area contributed by atoms with E-state index in [1.54, 1.807) is 0 Å². The fourth-order valence-corrected chi connectivity index (χ4v) is 3.93. The lowest BCUT2D eigenvalue weighted by Gasteiger charge is -2.37. The number of halogens is 1. The van der Waals surface area contributed by atoms with Crippen LogP contribution in [-0.2, 0) is 4.79 Å². The Labute approximate surface area is 116 Å². The maximum Gasteiger partial charge on any atom is 0.223 e. The molecule has 2 aliphatic carbocycles. The molecule has 3 atom stereocenters. The predicted octanol–water partition coefficient (Wildman–Crippen LogP) is 3.73. The van der Waals surface area contributed by atoms with Gasteiger partial charge in [0.15, 0.2) is 0 Å². The van der Waals surface area contributed by atoms with E-state index in [0.717, 1.165) is 19.4 Å². The van der Waals surface area contributed by atoms with Crippen LogP contribution in [0.3, 0.4) is 0 Å². The number of nitrogens with one attached hydrogen (secondary N) is 1. The Morgan fingerprint density at radius 3 is 2.61 bits per heavy atom. The first-order chi connectivity index (χ1) is 8.50. The standard InChI is InChI=1S/C15H26ClNO/c1-15(2)9-4-3-7-12(15)14(18)17-10-11-6-5-8-13(11)16/h11-13H,3-10H2,1-2H3,(H,17,18). The summed E-state index contributed by atoms with van der Waals surface area (Å²) in [6, 6.07) is 0. The van der Waals surface area contributed by atoms with E-state index >= 15 is 0 Å². The molecule has 0 saturated heterocycles. The fourth-order valence-electron chi connectivity index (χ4n) is 3.56. The third-order valence-corrected chi connectivity index (χ3v) is 5.50. The van der Waals surface area contributed by atoms with E-state index in [4.69, 9.17) is 11.6 Å². The zero-order valence-corrected chi connectivity index (χ0v) is 12.4. The fraction of sp³-hybridized carbons (Fsp3) is 0.933. The second-order valence-electron chi connectivity index (χ2n) is 6.74. The van der Waals surface area contributed by atoms with Crippen LogP contribution < -0.4 is 5.32 Å². The Kier molecular flexibility index (Phi) is 4.58. The molecule has 2 nitrogen and oxygen atoms in total. The van der Waals surface area contributed by atoms with Gasteiger partial charge in [-0.2, -0.15) is 0 Å². The summed E-state index contributed by atoms with van der Waals surface area (Å²) in [5, 5.41) is 3.43. The van der Waals surface area contributed by atoms with Crippen LogP contribution in [0.5, 0.6) is 0 Å². The summed E-state index contributed by atoms with van der Waals surface area (Å²) in [4.78, 5) is 12.3. The van der Waals surface area contributed by atoms with Crippen molar-refractivity contribution < 1.29 is 4.79 Å². The van der Waals surface area contributed by atoms with Crippen molar-refractivity contribution in [1.29, 1.82) is 0 Å². The number of alkyl halides is 1. The highest BCUT2D eigenvalue weighted by Gasteiger charge is 2.37. The number of carbonyl (C=O) groups excluding carboxylic acids is 1. The van der Waals surface area contributed by atoms with Crippen LogP contribution in [0.15, 0.2) is 0 Å². The minimum atomic E-state index is 0.165. The molecule has 0 radical (unpaired) electrons. The first kappa shape index (κ1) is 14.2. The van der Waals surface area contributed by atoms with Crippen LogP contribution in [0, 0.1) is 17.3 Å². The van der Waals surface area contributed by atoms with Gasteiger partial charge >= 0.3 is 0 Å². The summed E-state index contributed by atoms with van der Waals surface area (Å²) in [5.74, 6) is 0.944. The molecule has 3 heteroatoms.